The van der Waals surface area contributed by atoms with Crippen LogP contribution in [-0.4, -0.2) is 46.3 Å². The van der Waals surface area contributed by atoms with E-state index in [2.05, 4.69) is 25.4 Å². The largest absolute Gasteiger partial charge is 0.480 e. The van der Waals surface area contributed by atoms with Gasteiger partial charge in [0.15, 0.2) is 0 Å². The third-order valence-corrected chi connectivity index (χ3v) is 8.13. The van der Waals surface area contributed by atoms with Crippen LogP contribution in [0.1, 0.15) is 17.0 Å². The lowest BCUT2D eigenvalue weighted by Crippen LogP contribution is -2.42. The van der Waals surface area contributed by atoms with Crippen LogP contribution >= 0.6 is 11.6 Å². The molecule has 0 unspecified atom stereocenters. The summed E-state index contributed by atoms with van der Waals surface area (Å²) in [5, 5.41) is 19.1. The SMILES string of the molecule is Cc1nn(C)c(Cl)c1S(=O)(=O)N[C@@H](Cc1ccc(-c2cccc(NC(=O)NCc3ccccn3)c2)cc1)C(=O)O. The number of pyridine rings is 1. The van der Waals surface area contributed by atoms with Crippen LogP contribution in [0.4, 0.5) is 10.5 Å². The number of carboxylic acids is 1. The van der Waals surface area contributed by atoms with E-state index in [0.717, 1.165) is 16.8 Å². The van der Waals surface area contributed by atoms with Gasteiger partial charge in [-0.1, -0.05) is 54.1 Å². The molecule has 4 aromatic rings. The molecule has 2 aromatic heterocycles. The Labute approximate surface area is 236 Å². The molecular formula is C27H27ClN6O5S. The number of amides is 2. The van der Waals surface area contributed by atoms with E-state index in [0.29, 0.717) is 11.3 Å². The van der Waals surface area contributed by atoms with Crippen molar-refractivity contribution in [2.24, 2.45) is 7.05 Å². The maximum Gasteiger partial charge on any atom is 0.322 e. The van der Waals surface area contributed by atoms with E-state index in [1.807, 2.05) is 24.3 Å². The van der Waals surface area contributed by atoms with Crippen molar-refractivity contribution in [1.29, 1.82) is 0 Å². The average Bonchev–Trinajstić information content (AvgIpc) is 3.19. The topological polar surface area (TPSA) is 155 Å². The lowest BCUT2D eigenvalue weighted by Gasteiger charge is -2.15. The van der Waals surface area contributed by atoms with Gasteiger partial charge in [0.1, 0.15) is 16.1 Å². The number of rotatable bonds is 10. The summed E-state index contributed by atoms with van der Waals surface area (Å²) in [5.74, 6) is -1.33. The molecule has 1 atom stereocenters. The molecule has 0 saturated carbocycles. The molecule has 0 bridgehead atoms. The maximum absolute atomic E-state index is 12.9. The van der Waals surface area contributed by atoms with Crippen LogP contribution in [0.3, 0.4) is 0 Å². The molecule has 2 amide bonds. The lowest BCUT2D eigenvalue weighted by atomic mass is 10.0. The molecule has 208 valence electrons. The molecule has 2 aromatic carbocycles. The molecule has 40 heavy (non-hydrogen) atoms. The number of carbonyl (C=O) groups excluding carboxylic acids is 1. The predicted molar refractivity (Wildman–Crippen MR) is 150 cm³/mol. The number of nitrogens with zero attached hydrogens (tertiary/aromatic N) is 3. The summed E-state index contributed by atoms with van der Waals surface area (Å²) in [5.41, 5.74) is 3.75. The van der Waals surface area contributed by atoms with E-state index >= 15 is 0 Å². The molecule has 13 heteroatoms. The molecule has 0 aliphatic carbocycles. The van der Waals surface area contributed by atoms with E-state index in [-0.39, 0.29) is 34.7 Å². The van der Waals surface area contributed by atoms with Gasteiger partial charge in [0, 0.05) is 18.9 Å². The Morgan fingerprint density at radius 1 is 1.05 bits per heavy atom. The summed E-state index contributed by atoms with van der Waals surface area (Å²) in [4.78, 5) is 28.1. The van der Waals surface area contributed by atoms with E-state index in [9.17, 15) is 23.1 Å². The van der Waals surface area contributed by atoms with E-state index in [1.165, 1.54) is 18.7 Å². The number of benzene rings is 2. The fourth-order valence-corrected chi connectivity index (χ4v) is 5.98. The molecule has 11 nitrogen and oxygen atoms in total. The summed E-state index contributed by atoms with van der Waals surface area (Å²) in [6.45, 7) is 1.77. The average molecular weight is 583 g/mol. The molecule has 0 aliphatic rings. The third kappa shape index (κ3) is 7.03. The molecule has 0 aliphatic heterocycles. The number of urea groups is 1. The molecule has 0 fully saturated rings. The minimum atomic E-state index is -4.24. The van der Waals surface area contributed by atoms with Crippen molar-refractivity contribution in [2.75, 3.05) is 5.32 Å². The normalized spacial score (nSPS) is 12.1. The fraction of sp³-hybridized carbons (Fsp3) is 0.185. The minimum Gasteiger partial charge on any atom is -0.480 e. The Bertz CT molecular complexity index is 1630. The first-order valence-corrected chi connectivity index (χ1v) is 14.0. The Hall–Kier alpha value is -4.26. The number of aryl methyl sites for hydroxylation is 2. The highest BCUT2D eigenvalue weighted by molar-refractivity contribution is 7.89. The number of aliphatic carboxylic acids is 1. The van der Waals surface area contributed by atoms with Crippen LogP contribution in [0, 0.1) is 6.92 Å². The number of hydrogen-bond acceptors (Lipinski definition) is 6. The van der Waals surface area contributed by atoms with Gasteiger partial charge in [-0.3, -0.25) is 14.5 Å². The van der Waals surface area contributed by atoms with Gasteiger partial charge in [-0.15, -0.1) is 0 Å². The molecule has 0 radical (unpaired) electrons. The van der Waals surface area contributed by atoms with Crippen molar-refractivity contribution in [2.45, 2.75) is 30.8 Å². The number of anilines is 1. The number of carbonyl (C=O) groups is 2. The second kappa shape index (κ2) is 12.3. The smallest absolute Gasteiger partial charge is 0.322 e. The molecule has 4 N–H and O–H groups in total. The van der Waals surface area contributed by atoms with Crippen molar-refractivity contribution in [3.63, 3.8) is 0 Å². The van der Waals surface area contributed by atoms with Gasteiger partial charge in [0.2, 0.25) is 10.0 Å². The van der Waals surface area contributed by atoms with E-state index < -0.39 is 22.0 Å². The van der Waals surface area contributed by atoms with Gasteiger partial charge in [0.05, 0.1) is 17.9 Å². The van der Waals surface area contributed by atoms with Crippen LogP contribution in [0.25, 0.3) is 11.1 Å². The molecule has 0 saturated heterocycles. The number of hydrogen-bond donors (Lipinski definition) is 4. The highest BCUT2D eigenvalue weighted by atomic mass is 35.5. The van der Waals surface area contributed by atoms with Gasteiger partial charge in [0.25, 0.3) is 0 Å². The number of nitrogens with one attached hydrogen (secondary N) is 3. The molecule has 4 rings (SSSR count). The zero-order valence-corrected chi connectivity index (χ0v) is 23.2. The Morgan fingerprint density at radius 2 is 1.80 bits per heavy atom. The first-order chi connectivity index (χ1) is 19.0. The third-order valence-electron chi connectivity index (χ3n) is 5.97. The van der Waals surface area contributed by atoms with Crippen LogP contribution in [-0.2, 0) is 34.8 Å². The second-order valence-electron chi connectivity index (χ2n) is 8.95. The number of aromatic nitrogens is 3. The highest BCUT2D eigenvalue weighted by Gasteiger charge is 2.30. The first-order valence-electron chi connectivity index (χ1n) is 12.1. The van der Waals surface area contributed by atoms with Crippen molar-refractivity contribution in [3.05, 3.63) is 95.0 Å². The number of halogens is 1. The quantitative estimate of drug-likeness (QED) is 0.222. The van der Waals surface area contributed by atoms with Crippen molar-refractivity contribution < 1.29 is 23.1 Å². The van der Waals surface area contributed by atoms with Gasteiger partial charge in [-0.2, -0.15) is 9.82 Å². The summed E-state index contributed by atoms with van der Waals surface area (Å²) in [6.07, 6.45) is 1.56. The van der Waals surface area contributed by atoms with Crippen LogP contribution in [0.5, 0.6) is 0 Å². The van der Waals surface area contributed by atoms with Crippen molar-refractivity contribution >= 4 is 39.3 Å². The zero-order valence-electron chi connectivity index (χ0n) is 21.6. The van der Waals surface area contributed by atoms with E-state index in [1.54, 1.807) is 48.7 Å². The van der Waals surface area contributed by atoms with Crippen molar-refractivity contribution in [3.8, 4) is 11.1 Å². The summed E-state index contributed by atoms with van der Waals surface area (Å²) in [6, 6.07) is 18.0. The minimum absolute atomic E-state index is 0.0934. The first kappa shape index (κ1) is 28.7. The van der Waals surface area contributed by atoms with Gasteiger partial charge in [-0.05, 0) is 54.3 Å². The Kier molecular flexibility index (Phi) is 8.83. The monoisotopic (exact) mass is 582 g/mol. The van der Waals surface area contributed by atoms with Gasteiger partial charge < -0.3 is 15.7 Å². The standard InChI is InChI=1S/C27H27ClN6O5S/c1-17-24(25(28)34(2)32-17)40(38,39)33-23(26(35)36)14-18-9-11-19(12-10-18)20-6-5-8-21(15-20)31-27(37)30-16-22-7-3-4-13-29-22/h3-13,15,23,33H,14,16H2,1-2H3,(H,35,36)(H2,30,31,37)/t23-/m0/s1. The fourth-order valence-electron chi connectivity index (χ4n) is 4.04. The van der Waals surface area contributed by atoms with E-state index in [4.69, 9.17) is 11.6 Å². The maximum atomic E-state index is 12.9. The zero-order chi connectivity index (χ0) is 28.9. The summed E-state index contributed by atoms with van der Waals surface area (Å²) < 4.78 is 29.2. The molecule has 0 spiro atoms. The summed E-state index contributed by atoms with van der Waals surface area (Å²) >= 11 is 6.08. The Balaban J connectivity index is 1.42. The van der Waals surface area contributed by atoms with Crippen LogP contribution in [0.2, 0.25) is 5.15 Å². The Morgan fingerprint density at radius 3 is 2.42 bits per heavy atom. The molecule has 2 heterocycles. The second-order valence-corrected chi connectivity index (χ2v) is 11.0. The van der Waals surface area contributed by atoms with Crippen molar-refractivity contribution in [1.82, 2.24) is 24.8 Å². The van der Waals surface area contributed by atoms with Gasteiger partial charge in [-0.25, -0.2) is 13.2 Å². The number of carboxylic acid groups (broad SMARTS) is 1. The predicted octanol–water partition coefficient (Wildman–Crippen LogP) is 3.74. The lowest BCUT2D eigenvalue weighted by molar-refractivity contribution is -0.138. The van der Waals surface area contributed by atoms with Crippen LogP contribution in [0.15, 0.2) is 77.8 Å². The summed E-state index contributed by atoms with van der Waals surface area (Å²) in [7, 11) is -2.75. The molecular weight excluding hydrogens is 556 g/mol. The highest BCUT2D eigenvalue weighted by Crippen LogP contribution is 2.26. The van der Waals surface area contributed by atoms with Crippen LogP contribution < -0.4 is 15.4 Å². The number of sulfonamides is 1. The van der Waals surface area contributed by atoms with Gasteiger partial charge >= 0.3 is 12.0 Å².